The molecule has 0 atom stereocenters. The highest BCUT2D eigenvalue weighted by atomic mass is 32.1. The van der Waals surface area contributed by atoms with Crippen molar-refractivity contribution in [2.45, 2.75) is 6.54 Å². The average Bonchev–Trinajstić information content (AvgIpc) is 3.20. The number of methoxy groups -OCH3 is 1. The summed E-state index contributed by atoms with van der Waals surface area (Å²) in [6, 6.07) is 15.7. The van der Waals surface area contributed by atoms with Gasteiger partial charge in [0.1, 0.15) is 5.75 Å². The van der Waals surface area contributed by atoms with Crippen LogP contribution in [0.3, 0.4) is 0 Å². The molecular weight excluding hydrogens is 348 g/mol. The molecule has 26 heavy (non-hydrogen) atoms. The van der Waals surface area contributed by atoms with E-state index in [0.29, 0.717) is 29.1 Å². The SMILES string of the molecule is COc1ccc(C(=O)Nc2ccccc2C(=O)NCc2ccsc2)cc1. The van der Waals surface area contributed by atoms with Crippen molar-refractivity contribution in [3.05, 3.63) is 82.0 Å². The second kappa shape index (κ2) is 8.31. The lowest BCUT2D eigenvalue weighted by atomic mass is 10.1. The Kier molecular flexibility index (Phi) is 5.66. The first kappa shape index (κ1) is 17.7. The van der Waals surface area contributed by atoms with Crippen molar-refractivity contribution in [1.82, 2.24) is 5.32 Å². The highest BCUT2D eigenvalue weighted by Gasteiger charge is 2.14. The number of thiophene rings is 1. The van der Waals surface area contributed by atoms with E-state index < -0.39 is 0 Å². The van der Waals surface area contributed by atoms with Gasteiger partial charge in [-0.3, -0.25) is 9.59 Å². The van der Waals surface area contributed by atoms with Crippen LogP contribution in [0.5, 0.6) is 5.75 Å². The largest absolute Gasteiger partial charge is 0.497 e. The molecular formula is C20H18N2O3S. The average molecular weight is 366 g/mol. The van der Waals surface area contributed by atoms with Gasteiger partial charge in [0.15, 0.2) is 0 Å². The lowest BCUT2D eigenvalue weighted by molar-refractivity contribution is 0.0952. The fraction of sp³-hybridized carbons (Fsp3) is 0.100. The molecule has 0 aliphatic heterocycles. The van der Waals surface area contributed by atoms with Crippen LogP contribution in [0.4, 0.5) is 5.69 Å². The summed E-state index contributed by atoms with van der Waals surface area (Å²) in [6.07, 6.45) is 0. The molecule has 2 amide bonds. The van der Waals surface area contributed by atoms with E-state index in [1.165, 1.54) is 0 Å². The highest BCUT2D eigenvalue weighted by molar-refractivity contribution is 7.07. The van der Waals surface area contributed by atoms with E-state index in [4.69, 9.17) is 4.74 Å². The molecule has 1 heterocycles. The number of para-hydroxylation sites is 1. The number of nitrogens with one attached hydrogen (secondary N) is 2. The Morgan fingerprint density at radius 3 is 2.46 bits per heavy atom. The summed E-state index contributed by atoms with van der Waals surface area (Å²) in [5, 5.41) is 9.62. The lowest BCUT2D eigenvalue weighted by Gasteiger charge is -2.11. The summed E-state index contributed by atoms with van der Waals surface area (Å²) < 4.78 is 5.09. The fourth-order valence-electron chi connectivity index (χ4n) is 2.40. The fourth-order valence-corrected chi connectivity index (χ4v) is 3.07. The van der Waals surface area contributed by atoms with Gasteiger partial charge in [0.05, 0.1) is 18.4 Å². The summed E-state index contributed by atoms with van der Waals surface area (Å²) in [7, 11) is 1.57. The third-order valence-electron chi connectivity index (χ3n) is 3.81. The number of hydrogen-bond donors (Lipinski definition) is 2. The summed E-state index contributed by atoms with van der Waals surface area (Å²) in [5.74, 6) is 0.155. The van der Waals surface area contributed by atoms with Gasteiger partial charge in [-0.15, -0.1) is 0 Å². The first-order chi connectivity index (χ1) is 12.7. The van der Waals surface area contributed by atoms with E-state index in [2.05, 4.69) is 10.6 Å². The van der Waals surface area contributed by atoms with E-state index in [0.717, 1.165) is 5.56 Å². The molecule has 0 aliphatic rings. The van der Waals surface area contributed by atoms with Crippen molar-refractivity contribution in [2.24, 2.45) is 0 Å². The molecule has 2 N–H and O–H groups in total. The monoisotopic (exact) mass is 366 g/mol. The molecule has 0 fully saturated rings. The third kappa shape index (κ3) is 4.29. The molecule has 0 bridgehead atoms. The summed E-state index contributed by atoms with van der Waals surface area (Å²) in [4.78, 5) is 24.9. The maximum atomic E-state index is 12.5. The van der Waals surface area contributed by atoms with Gasteiger partial charge in [-0.05, 0) is 58.8 Å². The van der Waals surface area contributed by atoms with Crippen LogP contribution in [-0.4, -0.2) is 18.9 Å². The van der Waals surface area contributed by atoms with E-state index in [9.17, 15) is 9.59 Å². The zero-order valence-electron chi connectivity index (χ0n) is 14.2. The van der Waals surface area contributed by atoms with Crippen LogP contribution < -0.4 is 15.4 Å². The second-order valence-electron chi connectivity index (χ2n) is 5.54. The number of benzene rings is 2. The minimum atomic E-state index is -0.286. The normalized spacial score (nSPS) is 10.2. The van der Waals surface area contributed by atoms with Crippen LogP contribution >= 0.6 is 11.3 Å². The molecule has 0 saturated heterocycles. The number of amides is 2. The Bertz CT molecular complexity index is 890. The van der Waals surface area contributed by atoms with Gasteiger partial charge in [-0.25, -0.2) is 0 Å². The van der Waals surface area contributed by atoms with Crippen molar-refractivity contribution in [3.63, 3.8) is 0 Å². The third-order valence-corrected chi connectivity index (χ3v) is 4.54. The van der Waals surface area contributed by atoms with Crippen LogP contribution in [-0.2, 0) is 6.54 Å². The number of ether oxygens (including phenoxy) is 1. The standard InChI is InChI=1S/C20H18N2O3S/c1-25-16-8-6-15(7-9-16)19(23)22-18-5-3-2-4-17(18)20(24)21-12-14-10-11-26-13-14/h2-11,13H,12H2,1H3,(H,21,24)(H,22,23). The van der Waals surface area contributed by atoms with Gasteiger partial charge < -0.3 is 15.4 Å². The molecule has 1 aromatic heterocycles. The van der Waals surface area contributed by atoms with Crippen molar-refractivity contribution >= 4 is 28.8 Å². The predicted molar refractivity (Wildman–Crippen MR) is 103 cm³/mol. The zero-order chi connectivity index (χ0) is 18.4. The molecule has 0 radical (unpaired) electrons. The minimum Gasteiger partial charge on any atom is -0.497 e. The van der Waals surface area contributed by atoms with Crippen molar-refractivity contribution < 1.29 is 14.3 Å². The topological polar surface area (TPSA) is 67.4 Å². The van der Waals surface area contributed by atoms with E-state index >= 15 is 0 Å². The quantitative estimate of drug-likeness (QED) is 0.694. The number of carbonyl (C=O) groups is 2. The van der Waals surface area contributed by atoms with Crippen molar-refractivity contribution in [2.75, 3.05) is 12.4 Å². The maximum Gasteiger partial charge on any atom is 0.255 e. The first-order valence-electron chi connectivity index (χ1n) is 8.01. The number of hydrogen-bond acceptors (Lipinski definition) is 4. The van der Waals surface area contributed by atoms with Crippen LogP contribution in [0.15, 0.2) is 65.4 Å². The molecule has 132 valence electrons. The second-order valence-corrected chi connectivity index (χ2v) is 6.32. The van der Waals surface area contributed by atoms with Gasteiger partial charge >= 0.3 is 0 Å². The van der Waals surface area contributed by atoms with Crippen LogP contribution in [0.25, 0.3) is 0 Å². The molecule has 0 spiro atoms. The molecule has 6 heteroatoms. The summed E-state index contributed by atoms with van der Waals surface area (Å²) in [5.41, 5.74) is 2.42. The first-order valence-corrected chi connectivity index (χ1v) is 8.95. The van der Waals surface area contributed by atoms with E-state index in [1.54, 1.807) is 67.0 Å². The molecule has 0 saturated carbocycles. The summed E-state index contributed by atoms with van der Waals surface area (Å²) >= 11 is 1.58. The molecule has 3 aromatic rings. The molecule has 0 aliphatic carbocycles. The van der Waals surface area contributed by atoms with Gasteiger partial charge in [-0.2, -0.15) is 11.3 Å². The molecule has 2 aromatic carbocycles. The van der Waals surface area contributed by atoms with Gasteiger partial charge in [0.25, 0.3) is 11.8 Å². The molecule has 0 unspecified atom stereocenters. The Labute approximate surface area is 155 Å². The minimum absolute atomic E-state index is 0.234. The Hall–Kier alpha value is -3.12. The Balaban J connectivity index is 1.71. The van der Waals surface area contributed by atoms with E-state index in [-0.39, 0.29) is 11.8 Å². The van der Waals surface area contributed by atoms with Crippen molar-refractivity contribution in [3.8, 4) is 5.75 Å². The summed E-state index contributed by atoms with van der Waals surface area (Å²) in [6.45, 7) is 0.448. The molecule has 5 nitrogen and oxygen atoms in total. The van der Waals surface area contributed by atoms with Crippen LogP contribution in [0, 0.1) is 0 Å². The van der Waals surface area contributed by atoms with Crippen LogP contribution in [0.2, 0.25) is 0 Å². The smallest absolute Gasteiger partial charge is 0.255 e. The van der Waals surface area contributed by atoms with Crippen molar-refractivity contribution in [1.29, 1.82) is 0 Å². The highest BCUT2D eigenvalue weighted by Crippen LogP contribution is 2.18. The van der Waals surface area contributed by atoms with Gasteiger partial charge in [-0.1, -0.05) is 12.1 Å². The van der Waals surface area contributed by atoms with Gasteiger partial charge in [0, 0.05) is 12.1 Å². The molecule has 3 rings (SSSR count). The number of carbonyl (C=O) groups excluding carboxylic acids is 2. The van der Waals surface area contributed by atoms with Gasteiger partial charge in [0.2, 0.25) is 0 Å². The number of anilines is 1. The van der Waals surface area contributed by atoms with E-state index in [1.807, 2.05) is 16.8 Å². The maximum absolute atomic E-state index is 12.5. The zero-order valence-corrected chi connectivity index (χ0v) is 15.0. The Morgan fingerprint density at radius 1 is 1.00 bits per heavy atom. The Morgan fingerprint density at radius 2 is 1.77 bits per heavy atom. The lowest BCUT2D eigenvalue weighted by Crippen LogP contribution is -2.24. The predicted octanol–water partition coefficient (Wildman–Crippen LogP) is 3.94. The number of rotatable bonds is 6. The van der Waals surface area contributed by atoms with Crippen LogP contribution in [0.1, 0.15) is 26.3 Å².